The maximum absolute atomic E-state index is 11.1. The van der Waals surface area contributed by atoms with Crippen molar-refractivity contribution in [1.29, 1.82) is 0 Å². The minimum absolute atomic E-state index is 0.508. The van der Waals surface area contributed by atoms with Crippen molar-refractivity contribution >= 4 is 0 Å². The van der Waals surface area contributed by atoms with Crippen molar-refractivity contribution in [3.05, 3.63) is 64.7 Å². The third kappa shape index (κ3) is 3.93. The van der Waals surface area contributed by atoms with E-state index in [0.29, 0.717) is 19.4 Å². The average Bonchev–Trinajstić information content (AvgIpc) is 2.66. The zero-order valence-electron chi connectivity index (χ0n) is 15.9. The zero-order valence-corrected chi connectivity index (χ0v) is 15.9. The van der Waals surface area contributed by atoms with Crippen molar-refractivity contribution in [1.82, 2.24) is 4.90 Å². The van der Waals surface area contributed by atoms with Gasteiger partial charge in [0.2, 0.25) is 0 Å². The number of β-amino-alcohol motifs (C(OH)–C–C–N with tert-alkyl or cyclic N) is 1. The number of hydrogen-bond acceptors (Lipinski definition) is 4. The monoisotopic (exact) mass is 355 g/mol. The van der Waals surface area contributed by atoms with E-state index in [2.05, 4.69) is 30.9 Å². The zero-order chi connectivity index (χ0) is 18.7. The molecule has 4 nitrogen and oxygen atoms in total. The number of aryl methyl sites for hydroxylation is 2. The topological polar surface area (TPSA) is 52.9 Å². The molecule has 0 aromatic heterocycles. The molecule has 0 unspecified atom stereocenters. The van der Waals surface area contributed by atoms with Gasteiger partial charge in [0.15, 0.2) is 0 Å². The van der Waals surface area contributed by atoms with Gasteiger partial charge in [0.1, 0.15) is 5.75 Å². The van der Waals surface area contributed by atoms with Gasteiger partial charge in [-0.2, -0.15) is 0 Å². The first-order valence-electron chi connectivity index (χ1n) is 9.26. The fraction of sp³-hybridized carbons (Fsp3) is 0.455. The summed E-state index contributed by atoms with van der Waals surface area (Å²) in [7, 11) is 1.64. The number of likely N-dealkylation sites (tertiary alicyclic amines) is 1. The first-order valence-corrected chi connectivity index (χ1v) is 9.26. The minimum atomic E-state index is -0.867. The van der Waals surface area contributed by atoms with Gasteiger partial charge >= 0.3 is 0 Å². The average molecular weight is 355 g/mol. The molecule has 1 atom stereocenters. The van der Waals surface area contributed by atoms with Gasteiger partial charge in [-0.25, -0.2) is 0 Å². The second-order valence-corrected chi connectivity index (χ2v) is 7.39. The lowest BCUT2D eigenvalue weighted by molar-refractivity contribution is -0.0358. The summed E-state index contributed by atoms with van der Waals surface area (Å²) in [5.41, 5.74) is 3.39. The number of para-hydroxylation sites is 1. The largest absolute Gasteiger partial charge is 0.496 e. The number of aliphatic hydroxyl groups is 2. The van der Waals surface area contributed by atoms with Crippen LogP contribution in [0.5, 0.6) is 5.75 Å². The van der Waals surface area contributed by atoms with Crippen molar-refractivity contribution < 1.29 is 14.9 Å². The van der Waals surface area contributed by atoms with Crippen molar-refractivity contribution in [3.8, 4) is 5.75 Å². The molecule has 1 aliphatic rings. The van der Waals surface area contributed by atoms with Crippen LogP contribution in [0.15, 0.2) is 42.5 Å². The molecule has 3 rings (SSSR count). The van der Waals surface area contributed by atoms with E-state index in [4.69, 9.17) is 4.74 Å². The van der Waals surface area contributed by atoms with Crippen LogP contribution in [-0.4, -0.2) is 41.9 Å². The quantitative estimate of drug-likeness (QED) is 0.864. The van der Waals surface area contributed by atoms with Gasteiger partial charge in [0.25, 0.3) is 0 Å². The van der Waals surface area contributed by atoms with E-state index < -0.39 is 11.7 Å². The van der Waals surface area contributed by atoms with Gasteiger partial charge < -0.3 is 19.8 Å². The number of hydrogen-bond donors (Lipinski definition) is 2. The Morgan fingerprint density at radius 2 is 1.77 bits per heavy atom. The number of methoxy groups -OCH3 is 1. The van der Waals surface area contributed by atoms with E-state index in [-0.39, 0.29) is 0 Å². The Kier molecular flexibility index (Phi) is 5.66. The molecule has 1 saturated heterocycles. The van der Waals surface area contributed by atoms with Crippen LogP contribution >= 0.6 is 0 Å². The van der Waals surface area contributed by atoms with Crippen molar-refractivity contribution in [2.45, 2.75) is 38.4 Å². The maximum Gasteiger partial charge on any atom is 0.124 e. The van der Waals surface area contributed by atoms with Crippen LogP contribution in [0.3, 0.4) is 0 Å². The molecule has 4 heteroatoms. The Labute approximate surface area is 156 Å². The molecule has 1 aliphatic heterocycles. The number of nitrogens with zero attached hydrogens (tertiary/aromatic N) is 1. The summed E-state index contributed by atoms with van der Waals surface area (Å²) < 4.78 is 5.42. The molecule has 0 amide bonds. The van der Waals surface area contributed by atoms with Crippen LogP contribution in [-0.2, 0) is 5.60 Å². The van der Waals surface area contributed by atoms with Gasteiger partial charge in [-0.15, -0.1) is 0 Å². The molecule has 26 heavy (non-hydrogen) atoms. The molecule has 0 bridgehead atoms. The molecule has 0 aliphatic carbocycles. The first kappa shape index (κ1) is 18.9. The Morgan fingerprint density at radius 3 is 2.42 bits per heavy atom. The number of rotatable bonds is 5. The highest BCUT2D eigenvalue weighted by atomic mass is 16.5. The summed E-state index contributed by atoms with van der Waals surface area (Å²) in [5, 5.41) is 21.7. The lowest BCUT2D eigenvalue weighted by atomic mass is 9.83. The highest BCUT2D eigenvalue weighted by molar-refractivity contribution is 5.38. The summed E-state index contributed by atoms with van der Waals surface area (Å²) in [4.78, 5) is 2.23. The van der Waals surface area contributed by atoms with Crippen molar-refractivity contribution in [2.24, 2.45) is 0 Å². The summed E-state index contributed by atoms with van der Waals surface area (Å²) >= 11 is 0. The van der Waals surface area contributed by atoms with Crippen LogP contribution in [0.2, 0.25) is 0 Å². The lowest BCUT2D eigenvalue weighted by Gasteiger charge is -2.39. The molecule has 2 N–H and O–H groups in total. The predicted molar refractivity (Wildman–Crippen MR) is 103 cm³/mol. The number of benzene rings is 2. The Hall–Kier alpha value is -1.88. The molecule has 0 saturated carbocycles. The Bertz CT molecular complexity index is 751. The van der Waals surface area contributed by atoms with E-state index in [1.807, 2.05) is 30.3 Å². The normalized spacial score (nSPS) is 18.5. The van der Waals surface area contributed by atoms with Crippen LogP contribution in [0.4, 0.5) is 0 Å². The number of aliphatic hydroxyl groups excluding tert-OH is 1. The van der Waals surface area contributed by atoms with Crippen LogP contribution in [0.1, 0.15) is 41.2 Å². The maximum atomic E-state index is 11.1. The van der Waals surface area contributed by atoms with Gasteiger partial charge in [-0.3, -0.25) is 0 Å². The first-order chi connectivity index (χ1) is 12.4. The van der Waals surface area contributed by atoms with Crippen molar-refractivity contribution in [2.75, 3.05) is 26.7 Å². The fourth-order valence-corrected chi connectivity index (χ4v) is 3.73. The van der Waals surface area contributed by atoms with Crippen LogP contribution in [0, 0.1) is 13.8 Å². The van der Waals surface area contributed by atoms with E-state index in [9.17, 15) is 10.2 Å². The van der Waals surface area contributed by atoms with Crippen LogP contribution in [0.25, 0.3) is 0 Å². The van der Waals surface area contributed by atoms with E-state index >= 15 is 0 Å². The second-order valence-electron chi connectivity index (χ2n) is 7.39. The van der Waals surface area contributed by atoms with E-state index in [0.717, 1.165) is 30.0 Å². The van der Waals surface area contributed by atoms with E-state index in [1.165, 1.54) is 11.1 Å². The molecule has 0 spiro atoms. The molecule has 1 fully saturated rings. The third-order valence-corrected chi connectivity index (χ3v) is 5.64. The van der Waals surface area contributed by atoms with Gasteiger partial charge in [0.05, 0.1) is 18.8 Å². The molecular formula is C22H29NO3. The molecule has 0 radical (unpaired) electrons. The second kappa shape index (κ2) is 7.78. The fourth-order valence-electron chi connectivity index (χ4n) is 3.73. The van der Waals surface area contributed by atoms with Crippen molar-refractivity contribution in [3.63, 3.8) is 0 Å². The highest BCUT2D eigenvalue weighted by Crippen LogP contribution is 2.38. The molecule has 2 aromatic rings. The summed E-state index contributed by atoms with van der Waals surface area (Å²) in [6, 6.07) is 13.8. The summed E-state index contributed by atoms with van der Waals surface area (Å²) in [5.74, 6) is 0.735. The van der Waals surface area contributed by atoms with Crippen LogP contribution < -0.4 is 4.74 Å². The number of ether oxygens (including phenoxy) is 1. The van der Waals surface area contributed by atoms with Gasteiger partial charge in [-0.1, -0.05) is 36.4 Å². The minimum Gasteiger partial charge on any atom is -0.496 e. The lowest BCUT2D eigenvalue weighted by Crippen LogP contribution is -2.44. The predicted octanol–water partition coefficient (Wildman–Crippen LogP) is 3.33. The molecular weight excluding hydrogens is 326 g/mol. The Balaban J connectivity index is 1.63. The smallest absolute Gasteiger partial charge is 0.124 e. The molecule has 1 heterocycles. The highest BCUT2D eigenvalue weighted by Gasteiger charge is 2.36. The SMILES string of the molecule is COc1ccccc1C1(O)CCN(C[C@H](O)c2ccc(C)c(C)c2)CC1. The molecule has 2 aromatic carbocycles. The summed E-state index contributed by atoms with van der Waals surface area (Å²) in [6.45, 7) is 6.23. The Morgan fingerprint density at radius 1 is 1.08 bits per heavy atom. The number of piperidine rings is 1. The third-order valence-electron chi connectivity index (χ3n) is 5.64. The van der Waals surface area contributed by atoms with E-state index in [1.54, 1.807) is 7.11 Å². The standard InChI is InChI=1S/C22H29NO3/c1-16-8-9-18(14-17(16)2)20(24)15-23-12-10-22(25,11-13-23)19-6-4-5-7-21(19)26-3/h4-9,14,20,24-25H,10-13,15H2,1-3H3/t20-/m0/s1. The van der Waals surface area contributed by atoms with Gasteiger partial charge in [-0.05, 0) is 49.4 Å². The summed E-state index contributed by atoms with van der Waals surface area (Å²) in [6.07, 6.45) is 0.756. The van der Waals surface area contributed by atoms with Gasteiger partial charge in [0, 0.05) is 25.2 Å². The molecule has 140 valence electrons.